The number of nitriles is 1. The van der Waals surface area contributed by atoms with Crippen molar-refractivity contribution in [2.45, 2.75) is 38.5 Å². The van der Waals surface area contributed by atoms with Gasteiger partial charge >= 0.3 is 20.1 Å². The smallest absolute Gasteiger partial charge is 0.501 e. The SMILES string of the molecule is N#Cc1ccc2c(c1)oc1c(-c3ccc(CCc4cc(CCc5ccc(-c6[c-]cccc6)nc5)cc(CCc5ccc(-c6[c-]cccc6)nc5)c4)cn3)[c-]ccc12.[Ir+3]. The molecule has 0 amide bonds. The first-order chi connectivity index (χ1) is 28.1. The van der Waals surface area contributed by atoms with Crippen molar-refractivity contribution in [2.24, 2.45) is 0 Å². The standard InChI is InChI=1S/C52H37N4O.Ir/c53-32-42-20-24-45-46-12-7-13-47(52(46)57-51(45)31-42)50-27-23-38(35-56-50)16-19-41-29-39(17-14-36-21-25-48(54-33-36)43-8-3-1-4-9-43)28-40(30-41)18-15-37-22-26-49(55-34-37)44-10-5-2-6-11-44;/h1-8,10,12,20-31,33-35H,14-19H2;/q-3;+3. The second-order valence-corrected chi connectivity index (χ2v) is 14.4. The molecular formula is C52H37IrN4O. The monoisotopic (exact) mass is 926 g/mol. The van der Waals surface area contributed by atoms with Gasteiger partial charge in [0.15, 0.2) is 0 Å². The van der Waals surface area contributed by atoms with E-state index in [0.29, 0.717) is 11.1 Å². The molecule has 0 atom stereocenters. The average molecular weight is 926 g/mol. The Morgan fingerprint density at radius 2 is 1.00 bits per heavy atom. The summed E-state index contributed by atoms with van der Waals surface area (Å²) in [6, 6.07) is 57.3. The Hall–Kier alpha value is -6.51. The summed E-state index contributed by atoms with van der Waals surface area (Å²) in [4.78, 5) is 14.4. The van der Waals surface area contributed by atoms with Crippen molar-refractivity contribution in [1.82, 2.24) is 15.0 Å². The van der Waals surface area contributed by atoms with Crippen LogP contribution in [-0.2, 0) is 58.6 Å². The molecule has 0 saturated carbocycles. The summed E-state index contributed by atoms with van der Waals surface area (Å²) in [5, 5.41) is 11.3. The van der Waals surface area contributed by atoms with Gasteiger partial charge in [-0.1, -0.05) is 71.6 Å². The molecule has 280 valence electrons. The maximum Gasteiger partial charge on any atom is 3.00 e. The van der Waals surface area contributed by atoms with Crippen LogP contribution in [0.3, 0.4) is 0 Å². The van der Waals surface area contributed by atoms with Gasteiger partial charge in [-0.3, -0.25) is 0 Å². The normalized spacial score (nSPS) is 11.0. The van der Waals surface area contributed by atoms with E-state index in [2.05, 4.69) is 78.9 Å². The number of fused-ring (bicyclic) bond motifs is 3. The molecule has 5 aromatic carbocycles. The third-order valence-corrected chi connectivity index (χ3v) is 10.5. The Kier molecular flexibility index (Phi) is 11.7. The number of aromatic nitrogens is 3. The summed E-state index contributed by atoms with van der Waals surface area (Å²) in [5.41, 5.74) is 15.1. The van der Waals surface area contributed by atoms with E-state index in [1.807, 2.05) is 91.4 Å². The molecule has 0 aliphatic heterocycles. The van der Waals surface area contributed by atoms with E-state index in [1.54, 1.807) is 6.07 Å². The molecule has 9 rings (SSSR count). The van der Waals surface area contributed by atoms with Gasteiger partial charge < -0.3 is 19.4 Å². The Bertz CT molecular complexity index is 2720. The van der Waals surface area contributed by atoms with Crippen LogP contribution in [0.4, 0.5) is 0 Å². The minimum Gasteiger partial charge on any atom is -0.501 e. The van der Waals surface area contributed by atoms with Crippen molar-refractivity contribution in [1.29, 1.82) is 5.26 Å². The zero-order valence-corrected chi connectivity index (χ0v) is 34.1. The van der Waals surface area contributed by atoms with Gasteiger partial charge in [0, 0.05) is 24.0 Å². The molecule has 0 N–H and O–H groups in total. The topological polar surface area (TPSA) is 75.6 Å². The molecule has 6 heteroatoms. The molecule has 4 aromatic heterocycles. The average Bonchev–Trinajstić information content (AvgIpc) is 3.66. The van der Waals surface area contributed by atoms with Gasteiger partial charge in [0.25, 0.3) is 0 Å². The van der Waals surface area contributed by atoms with Crippen molar-refractivity contribution in [2.75, 3.05) is 0 Å². The summed E-state index contributed by atoms with van der Waals surface area (Å²) < 4.78 is 6.25. The predicted molar refractivity (Wildman–Crippen MR) is 226 cm³/mol. The first-order valence-electron chi connectivity index (χ1n) is 19.3. The van der Waals surface area contributed by atoms with Crippen molar-refractivity contribution in [3.8, 4) is 39.8 Å². The molecule has 0 fully saturated rings. The van der Waals surface area contributed by atoms with Crippen LogP contribution < -0.4 is 0 Å². The Morgan fingerprint density at radius 3 is 1.47 bits per heavy atom. The van der Waals surface area contributed by atoms with Crippen LogP contribution in [0.15, 0.2) is 156 Å². The van der Waals surface area contributed by atoms with E-state index in [9.17, 15) is 5.26 Å². The number of furan rings is 1. The third-order valence-electron chi connectivity index (χ3n) is 10.5. The van der Waals surface area contributed by atoms with Crippen molar-refractivity contribution >= 4 is 21.9 Å². The molecule has 0 aliphatic rings. The third kappa shape index (κ3) is 8.72. The number of benzene rings is 5. The first-order valence-corrected chi connectivity index (χ1v) is 19.3. The molecule has 0 bridgehead atoms. The van der Waals surface area contributed by atoms with Crippen LogP contribution in [0.2, 0.25) is 0 Å². The molecule has 0 saturated heterocycles. The number of hydrogen-bond donors (Lipinski definition) is 0. The van der Waals surface area contributed by atoms with E-state index in [4.69, 9.17) is 19.4 Å². The van der Waals surface area contributed by atoms with Gasteiger partial charge in [0.05, 0.1) is 17.2 Å². The quantitative estimate of drug-likeness (QED) is 0.114. The minimum atomic E-state index is 0. The van der Waals surface area contributed by atoms with Crippen LogP contribution in [-0.4, -0.2) is 15.0 Å². The molecule has 5 nitrogen and oxygen atoms in total. The number of nitrogens with zero attached hydrogens (tertiary/aromatic N) is 4. The zero-order valence-electron chi connectivity index (χ0n) is 31.7. The van der Waals surface area contributed by atoms with Crippen LogP contribution in [0.1, 0.15) is 38.9 Å². The van der Waals surface area contributed by atoms with Crippen LogP contribution in [0, 0.1) is 29.5 Å². The summed E-state index contributed by atoms with van der Waals surface area (Å²) in [7, 11) is 0. The van der Waals surface area contributed by atoms with E-state index >= 15 is 0 Å². The zero-order chi connectivity index (χ0) is 38.4. The second kappa shape index (κ2) is 17.7. The fraction of sp³-hybridized carbons (Fsp3) is 0.115. The molecule has 9 aromatic rings. The van der Waals surface area contributed by atoms with Gasteiger partial charge in [0.2, 0.25) is 0 Å². The van der Waals surface area contributed by atoms with E-state index in [1.165, 1.54) is 33.4 Å². The maximum absolute atomic E-state index is 9.37. The molecule has 4 heterocycles. The van der Waals surface area contributed by atoms with Crippen molar-refractivity contribution in [3.05, 3.63) is 209 Å². The minimum absolute atomic E-state index is 0. The van der Waals surface area contributed by atoms with Crippen LogP contribution in [0.25, 0.3) is 55.7 Å². The van der Waals surface area contributed by atoms with Crippen LogP contribution in [0.5, 0.6) is 0 Å². The van der Waals surface area contributed by atoms with Gasteiger partial charge in [-0.25, -0.2) is 0 Å². The summed E-state index contributed by atoms with van der Waals surface area (Å²) in [5.74, 6) is 0. The van der Waals surface area contributed by atoms with Gasteiger partial charge in [-0.15, -0.1) is 90.0 Å². The predicted octanol–water partition coefficient (Wildman–Crippen LogP) is 11.4. The van der Waals surface area contributed by atoms with E-state index in [-0.39, 0.29) is 20.1 Å². The number of aryl methyl sites for hydroxylation is 6. The summed E-state index contributed by atoms with van der Waals surface area (Å²) >= 11 is 0. The fourth-order valence-electron chi connectivity index (χ4n) is 7.43. The van der Waals surface area contributed by atoms with E-state index < -0.39 is 0 Å². The molecule has 0 unspecified atom stereocenters. The van der Waals surface area contributed by atoms with Crippen molar-refractivity contribution < 1.29 is 24.5 Å². The second-order valence-electron chi connectivity index (χ2n) is 14.4. The van der Waals surface area contributed by atoms with Crippen LogP contribution >= 0.6 is 0 Å². The molecule has 0 spiro atoms. The first kappa shape index (κ1) is 38.4. The van der Waals surface area contributed by atoms with E-state index in [0.717, 1.165) is 88.7 Å². The molecule has 0 radical (unpaired) electrons. The fourth-order valence-corrected chi connectivity index (χ4v) is 7.43. The molecular weight excluding hydrogens is 889 g/mol. The Morgan fingerprint density at radius 1 is 0.483 bits per heavy atom. The number of pyridine rings is 3. The maximum atomic E-state index is 9.37. The van der Waals surface area contributed by atoms with Gasteiger partial charge in [0.1, 0.15) is 5.58 Å². The summed E-state index contributed by atoms with van der Waals surface area (Å²) in [6.07, 6.45) is 11.4. The largest absolute Gasteiger partial charge is 3.00 e. The Labute approximate surface area is 352 Å². The number of rotatable bonds is 12. The van der Waals surface area contributed by atoms with Crippen molar-refractivity contribution in [3.63, 3.8) is 0 Å². The summed E-state index contributed by atoms with van der Waals surface area (Å²) in [6.45, 7) is 0. The molecule has 58 heavy (non-hydrogen) atoms. The van der Waals surface area contributed by atoms with Gasteiger partial charge in [-0.05, 0) is 101 Å². The number of hydrogen-bond acceptors (Lipinski definition) is 5. The molecule has 0 aliphatic carbocycles. The Balaban J connectivity index is 0.00000469. The van der Waals surface area contributed by atoms with Gasteiger partial charge in [-0.2, -0.15) is 5.26 Å².